The highest BCUT2D eigenvalue weighted by molar-refractivity contribution is 6.30. The summed E-state index contributed by atoms with van der Waals surface area (Å²) in [6.45, 7) is 1.02. The highest BCUT2D eigenvalue weighted by Crippen LogP contribution is 2.12. The Hall–Kier alpha value is -1.58. The SMILES string of the molecule is CNc1cccc(COCc2cccc(Cl)c2)n1. The number of nitrogens with one attached hydrogen (secondary N) is 1. The van der Waals surface area contributed by atoms with Crippen LogP contribution in [0.3, 0.4) is 0 Å². The second-order valence-corrected chi connectivity index (χ2v) is 4.32. The second kappa shape index (κ2) is 6.38. The first kappa shape index (κ1) is 12.9. The van der Waals surface area contributed by atoms with Crippen LogP contribution in [0.4, 0.5) is 5.82 Å². The third kappa shape index (κ3) is 3.72. The fraction of sp³-hybridized carbons (Fsp3) is 0.214. The molecule has 2 rings (SSSR count). The van der Waals surface area contributed by atoms with E-state index in [0.717, 1.165) is 22.1 Å². The maximum Gasteiger partial charge on any atom is 0.126 e. The van der Waals surface area contributed by atoms with Crippen molar-refractivity contribution in [2.45, 2.75) is 13.2 Å². The summed E-state index contributed by atoms with van der Waals surface area (Å²) in [7, 11) is 1.85. The van der Waals surface area contributed by atoms with Gasteiger partial charge in [0.2, 0.25) is 0 Å². The van der Waals surface area contributed by atoms with E-state index < -0.39 is 0 Å². The molecule has 0 aliphatic carbocycles. The molecule has 1 aromatic heterocycles. The Morgan fingerprint density at radius 2 is 2.00 bits per heavy atom. The lowest BCUT2D eigenvalue weighted by molar-refractivity contribution is 0.104. The quantitative estimate of drug-likeness (QED) is 0.896. The van der Waals surface area contributed by atoms with Gasteiger partial charge in [-0.2, -0.15) is 0 Å². The van der Waals surface area contributed by atoms with Gasteiger partial charge < -0.3 is 10.1 Å². The summed E-state index contributed by atoms with van der Waals surface area (Å²) in [6, 6.07) is 13.5. The Kier molecular flexibility index (Phi) is 4.56. The number of anilines is 1. The van der Waals surface area contributed by atoms with Gasteiger partial charge in [0.15, 0.2) is 0 Å². The lowest BCUT2D eigenvalue weighted by Crippen LogP contribution is -1.99. The van der Waals surface area contributed by atoms with Gasteiger partial charge in [-0.3, -0.25) is 0 Å². The monoisotopic (exact) mass is 262 g/mol. The molecule has 0 spiro atoms. The van der Waals surface area contributed by atoms with Crippen LogP contribution in [-0.2, 0) is 18.0 Å². The van der Waals surface area contributed by atoms with Gasteiger partial charge in [-0.05, 0) is 29.8 Å². The van der Waals surface area contributed by atoms with Crippen LogP contribution in [0.25, 0.3) is 0 Å². The van der Waals surface area contributed by atoms with Crippen LogP contribution >= 0.6 is 11.6 Å². The van der Waals surface area contributed by atoms with Crippen LogP contribution in [0.5, 0.6) is 0 Å². The highest BCUT2D eigenvalue weighted by atomic mass is 35.5. The summed E-state index contributed by atoms with van der Waals surface area (Å²) in [5.41, 5.74) is 1.97. The molecule has 94 valence electrons. The zero-order chi connectivity index (χ0) is 12.8. The van der Waals surface area contributed by atoms with Crippen molar-refractivity contribution in [3.8, 4) is 0 Å². The molecular weight excluding hydrogens is 248 g/mol. The minimum Gasteiger partial charge on any atom is -0.373 e. The van der Waals surface area contributed by atoms with Crippen LogP contribution < -0.4 is 5.32 Å². The predicted octanol–water partition coefficient (Wildman–Crippen LogP) is 3.49. The highest BCUT2D eigenvalue weighted by Gasteiger charge is 1.98. The largest absolute Gasteiger partial charge is 0.373 e. The molecule has 2 aromatic rings. The van der Waals surface area contributed by atoms with E-state index in [1.807, 2.05) is 49.5 Å². The topological polar surface area (TPSA) is 34.1 Å². The molecule has 4 heteroatoms. The van der Waals surface area contributed by atoms with E-state index in [1.165, 1.54) is 0 Å². The first-order valence-electron chi connectivity index (χ1n) is 5.74. The van der Waals surface area contributed by atoms with Gasteiger partial charge in [0.1, 0.15) is 5.82 Å². The average Bonchev–Trinajstić information content (AvgIpc) is 2.39. The molecule has 0 unspecified atom stereocenters. The number of nitrogens with zero attached hydrogens (tertiary/aromatic N) is 1. The number of aromatic nitrogens is 1. The van der Waals surface area contributed by atoms with Crippen molar-refractivity contribution in [2.75, 3.05) is 12.4 Å². The molecule has 0 bridgehead atoms. The maximum absolute atomic E-state index is 5.90. The standard InChI is InChI=1S/C14H15ClN2O/c1-16-14-7-3-6-13(17-14)10-18-9-11-4-2-5-12(15)8-11/h2-8H,9-10H2,1H3,(H,16,17). The summed E-state index contributed by atoms with van der Waals surface area (Å²) in [4.78, 5) is 4.38. The smallest absolute Gasteiger partial charge is 0.126 e. The molecule has 0 fully saturated rings. The molecule has 0 atom stereocenters. The van der Waals surface area contributed by atoms with Crippen molar-refractivity contribution in [1.82, 2.24) is 4.98 Å². The van der Waals surface area contributed by atoms with Crippen molar-refractivity contribution in [3.63, 3.8) is 0 Å². The van der Waals surface area contributed by atoms with E-state index in [9.17, 15) is 0 Å². The maximum atomic E-state index is 5.90. The zero-order valence-electron chi connectivity index (χ0n) is 10.2. The van der Waals surface area contributed by atoms with Crippen molar-refractivity contribution in [2.24, 2.45) is 0 Å². The van der Waals surface area contributed by atoms with Crippen molar-refractivity contribution in [1.29, 1.82) is 0 Å². The molecule has 0 aliphatic heterocycles. The molecule has 0 aliphatic rings. The van der Waals surface area contributed by atoms with Crippen LogP contribution in [-0.4, -0.2) is 12.0 Å². The third-order valence-corrected chi connectivity index (χ3v) is 2.71. The summed E-state index contributed by atoms with van der Waals surface area (Å²) < 4.78 is 5.61. The molecule has 1 aromatic carbocycles. The van der Waals surface area contributed by atoms with Crippen LogP contribution in [0.1, 0.15) is 11.3 Å². The molecule has 0 saturated heterocycles. The zero-order valence-corrected chi connectivity index (χ0v) is 10.9. The number of ether oxygens (including phenoxy) is 1. The Bertz CT molecular complexity index is 517. The minimum atomic E-state index is 0.488. The first-order valence-corrected chi connectivity index (χ1v) is 6.11. The van der Waals surface area contributed by atoms with E-state index >= 15 is 0 Å². The van der Waals surface area contributed by atoms with Gasteiger partial charge in [0.05, 0.1) is 18.9 Å². The Balaban J connectivity index is 1.88. The minimum absolute atomic E-state index is 0.488. The predicted molar refractivity (Wildman–Crippen MR) is 73.7 cm³/mol. The van der Waals surface area contributed by atoms with Crippen molar-refractivity contribution in [3.05, 3.63) is 58.7 Å². The number of halogens is 1. The molecular formula is C14H15ClN2O. The number of hydrogen-bond acceptors (Lipinski definition) is 3. The second-order valence-electron chi connectivity index (χ2n) is 3.89. The molecule has 3 nitrogen and oxygen atoms in total. The van der Waals surface area contributed by atoms with Gasteiger partial charge in [-0.25, -0.2) is 4.98 Å². The summed E-state index contributed by atoms with van der Waals surface area (Å²) in [6.07, 6.45) is 0. The number of benzene rings is 1. The van der Waals surface area contributed by atoms with Crippen LogP contribution in [0, 0.1) is 0 Å². The fourth-order valence-corrected chi connectivity index (χ4v) is 1.81. The van der Waals surface area contributed by atoms with Gasteiger partial charge in [0.25, 0.3) is 0 Å². The summed E-state index contributed by atoms with van der Waals surface area (Å²) in [5, 5.41) is 3.73. The third-order valence-electron chi connectivity index (χ3n) is 2.47. The molecule has 0 radical (unpaired) electrons. The molecule has 0 saturated carbocycles. The normalized spacial score (nSPS) is 10.3. The lowest BCUT2D eigenvalue weighted by atomic mass is 10.2. The van der Waals surface area contributed by atoms with E-state index in [4.69, 9.17) is 16.3 Å². The number of pyridine rings is 1. The lowest BCUT2D eigenvalue weighted by Gasteiger charge is -2.06. The molecule has 0 amide bonds. The van der Waals surface area contributed by atoms with Gasteiger partial charge >= 0.3 is 0 Å². The van der Waals surface area contributed by atoms with E-state index in [1.54, 1.807) is 0 Å². The average molecular weight is 263 g/mol. The van der Waals surface area contributed by atoms with Gasteiger partial charge in [0, 0.05) is 12.1 Å². The number of hydrogen-bond donors (Lipinski definition) is 1. The van der Waals surface area contributed by atoms with Crippen molar-refractivity contribution < 1.29 is 4.74 Å². The van der Waals surface area contributed by atoms with Crippen LogP contribution in [0.15, 0.2) is 42.5 Å². The van der Waals surface area contributed by atoms with E-state index in [0.29, 0.717) is 13.2 Å². The Morgan fingerprint density at radius 1 is 1.17 bits per heavy atom. The van der Waals surface area contributed by atoms with Gasteiger partial charge in [-0.15, -0.1) is 0 Å². The van der Waals surface area contributed by atoms with E-state index in [-0.39, 0.29) is 0 Å². The Morgan fingerprint density at radius 3 is 2.78 bits per heavy atom. The van der Waals surface area contributed by atoms with Crippen LogP contribution in [0.2, 0.25) is 5.02 Å². The molecule has 1 heterocycles. The Labute approximate surface area is 112 Å². The van der Waals surface area contributed by atoms with Gasteiger partial charge in [-0.1, -0.05) is 29.8 Å². The van der Waals surface area contributed by atoms with E-state index in [2.05, 4.69) is 10.3 Å². The fourth-order valence-electron chi connectivity index (χ4n) is 1.60. The summed E-state index contributed by atoms with van der Waals surface area (Å²) >= 11 is 5.90. The summed E-state index contributed by atoms with van der Waals surface area (Å²) in [5.74, 6) is 0.846. The molecule has 18 heavy (non-hydrogen) atoms. The first-order chi connectivity index (χ1) is 8.78. The number of rotatable bonds is 5. The molecule has 1 N–H and O–H groups in total. The van der Waals surface area contributed by atoms with Crippen molar-refractivity contribution >= 4 is 17.4 Å².